The van der Waals surface area contributed by atoms with E-state index in [-0.39, 0.29) is 11.8 Å². The van der Waals surface area contributed by atoms with E-state index in [0.717, 1.165) is 26.2 Å². The van der Waals surface area contributed by atoms with Crippen LogP contribution in [0.1, 0.15) is 27.7 Å². The number of nitrogens with zero attached hydrogens (tertiary/aromatic N) is 2. The number of amides is 2. The Morgan fingerprint density at radius 2 is 1.00 bits per heavy atom. The summed E-state index contributed by atoms with van der Waals surface area (Å²) in [5.41, 5.74) is 0. The number of nitrogens with one attached hydrogen (secondary N) is 2. The molecule has 0 saturated heterocycles. The number of likely N-dealkylation sites (N-methyl/N-ethyl adjacent to an activating group) is 2. The maximum absolute atomic E-state index is 11.6. The Bertz CT molecular complexity index is 248. The average molecular weight is 286 g/mol. The fourth-order valence-electron chi connectivity index (χ4n) is 1.82. The number of carbonyl (C=O) groups excluding carboxylic acids is 2. The van der Waals surface area contributed by atoms with Crippen molar-refractivity contribution < 1.29 is 9.59 Å². The van der Waals surface area contributed by atoms with E-state index >= 15 is 0 Å². The summed E-state index contributed by atoms with van der Waals surface area (Å²) in [5, 5.41) is 5.62. The minimum absolute atomic E-state index is 0.00620. The van der Waals surface area contributed by atoms with Gasteiger partial charge in [-0.05, 0) is 26.2 Å². The molecule has 0 radical (unpaired) electrons. The lowest BCUT2D eigenvalue weighted by molar-refractivity contribution is -0.124. The maximum atomic E-state index is 11.6. The molecule has 6 heteroatoms. The van der Waals surface area contributed by atoms with Crippen LogP contribution in [0.25, 0.3) is 0 Å². The molecular formula is C14H30N4O2. The van der Waals surface area contributed by atoms with Gasteiger partial charge in [0.25, 0.3) is 0 Å². The van der Waals surface area contributed by atoms with Crippen molar-refractivity contribution in [3.8, 4) is 0 Å². The highest BCUT2D eigenvalue weighted by Gasteiger charge is 2.08. The summed E-state index contributed by atoms with van der Waals surface area (Å²) in [4.78, 5) is 27.3. The molecule has 0 bridgehead atoms. The first kappa shape index (κ1) is 18.9. The van der Waals surface area contributed by atoms with E-state index in [0.29, 0.717) is 26.2 Å². The maximum Gasteiger partial charge on any atom is 0.234 e. The van der Waals surface area contributed by atoms with Crippen molar-refractivity contribution in [1.29, 1.82) is 0 Å². The molecule has 0 aliphatic rings. The first-order chi connectivity index (χ1) is 9.57. The number of carbonyl (C=O) groups is 2. The Balaban J connectivity index is 3.70. The van der Waals surface area contributed by atoms with E-state index in [4.69, 9.17) is 0 Å². The summed E-state index contributed by atoms with van der Waals surface area (Å²) in [6.07, 6.45) is 0. The van der Waals surface area contributed by atoms with Crippen LogP contribution in [0.2, 0.25) is 0 Å². The van der Waals surface area contributed by atoms with Crippen molar-refractivity contribution in [1.82, 2.24) is 20.4 Å². The van der Waals surface area contributed by atoms with E-state index in [1.807, 2.05) is 37.5 Å². The van der Waals surface area contributed by atoms with Crippen LogP contribution in [0.3, 0.4) is 0 Å². The summed E-state index contributed by atoms with van der Waals surface area (Å²) >= 11 is 0. The van der Waals surface area contributed by atoms with Gasteiger partial charge in [-0.1, -0.05) is 27.7 Å². The predicted molar refractivity (Wildman–Crippen MR) is 81.6 cm³/mol. The molecule has 0 aromatic carbocycles. The summed E-state index contributed by atoms with van der Waals surface area (Å²) < 4.78 is 0. The Kier molecular flexibility index (Phi) is 11.0. The fourth-order valence-corrected chi connectivity index (χ4v) is 1.82. The lowest BCUT2D eigenvalue weighted by Gasteiger charge is -2.18. The third-order valence-corrected chi connectivity index (χ3v) is 3.29. The second-order valence-electron chi connectivity index (χ2n) is 4.62. The number of hydrogen-bond acceptors (Lipinski definition) is 4. The summed E-state index contributed by atoms with van der Waals surface area (Å²) in [6, 6.07) is 0. The highest BCUT2D eigenvalue weighted by atomic mass is 16.2. The van der Waals surface area contributed by atoms with Gasteiger partial charge in [0.2, 0.25) is 11.8 Å². The number of hydrogen-bond donors (Lipinski definition) is 2. The topological polar surface area (TPSA) is 64.7 Å². The van der Waals surface area contributed by atoms with Gasteiger partial charge >= 0.3 is 0 Å². The third kappa shape index (κ3) is 8.87. The molecule has 2 N–H and O–H groups in total. The third-order valence-electron chi connectivity index (χ3n) is 3.29. The van der Waals surface area contributed by atoms with Crippen LogP contribution in [0, 0.1) is 0 Å². The van der Waals surface area contributed by atoms with Crippen LogP contribution in [-0.4, -0.2) is 74.0 Å². The number of rotatable bonds is 11. The van der Waals surface area contributed by atoms with E-state index in [2.05, 4.69) is 10.6 Å². The van der Waals surface area contributed by atoms with Crippen molar-refractivity contribution in [3.05, 3.63) is 0 Å². The fraction of sp³-hybridized carbons (Fsp3) is 0.857. The van der Waals surface area contributed by atoms with Crippen LogP contribution < -0.4 is 10.6 Å². The van der Waals surface area contributed by atoms with Crippen molar-refractivity contribution in [2.75, 3.05) is 52.4 Å². The largest absolute Gasteiger partial charge is 0.353 e. The smallest absolute Gasteiger partial charge is 0.234 e. The molecule has 0 unspecified atom stereocenters. The van der Waals surface area contributed by atoms with Crippen LogP contribution in [-0.2, 0) is 9.59 Å². The zero-order valence-corrected chi connectivity index (χ0v) is 13.4. The second kappa shape index (κ2) is 11.7. The molecule has 0 rings (SSSR count). The molecule has 118 valence electrons. The van der Waals surface area contributed by atoms with Gasteiger partial charge in [-0.3, -0.25) is 19.4 Å². The van der Waals surface area contributed by atoms with Crippen LogP contribution >= 0.6 is 0 Å². The molecule has 0 aromatic heterocycles. The molecule has 0 aliphatic heterocycles. The van der Waals surface area contributed by atoms with E-state index in [9.17, 15) is 9.59 Å². The molecule has 2 amide bonds. The minimum Gasteiger partial charge on any atom is -0.353 e. The highest BCUT2D eigenvalue weighted by Crippen LogP contribution is 1.86. The Labute approximate surface area is 122 Å². The van der Waals surface area contributed by atoms with Gasteiger partial charge in [-0.25, -0.2) is 0 Å². The quantitative estimate of drug-likeness (QED) is 0.521. The molecule has 0 spiro atoms. The van der Waals surface area contributed by atoms with Crippen molar-refractivity contribution in [2.45, 2.75) is 27.7 Å². The molecule has 0 saturated carbocycles. The van der Waals surface area contributed by atoms with Gasteiger partial charge in [0.15, 0.2) is 0 Å². The standard InChI is InChI=1S/C14H30N4O2/c1-5-17(6-2)11-13(19)15-9-10-16-14(20)12-18(7-3)8-4/h5-12H2,1-4H3,(H,15,19)(H,16,20). The van der Waals surface area contributed by atoms with Crippen LogP contribution in [0.4, 0.5) is 0 Å². The van der Waals surface area contributed by atoms with E-state index < -0.39 is 0 Å². The zero-order chi connectivity index (χ0) is 15.4. The SMILES string of the molecule is CCN(CC)CC(=O)NCCNC(=O)CN(CC)CC. The molecule has 6 nitrogen and oxygen atoms in total. The van der Waals surface area contributed by atoms with E-state index in [1.165, 1.54) is 0 Å². The van der Waals surface area contributed by atoms with Crippen molar-refractivity contribution in [2.24, 2.45) is 0 Å². The van der Waals surface area contributed by atoms with Gasteiger partial charge in [-0.15, -0.1) is 0 Å². The van der Waals surface area contributed by atoms with Gasteiger partial charge in [0, 0.05) is 13.1 Å². The molecular weight excluding hydrogens is 256 g/mol. The Hall–Kier alpha value is -1.14. The van der Waals surface area contributed by atoms with Gasteiger partial charge in [0.05, 0.1) is 13.1 Å². The lowest BCUT2D eigenvalue weighted by atomic mass is 10.4. The molecule has 20 heavy (non-hydrogen) atoms. The first-order valence-electron chi connectivity index (χ1n) is 7.55. The minimum atomic E-state index is 0.00620. The predicted octanol–water partition coefficient (Wildman–Crippen LogP) is -0.0976. The lowest BCUT2D eigenvalue weighted by Crippen LogP contribution is -2.42. The molecule has 0 atom stereocenters. The van der Waals surface area contributed by atoms with Gasteiger partial charge in [-0.2, -0.15) is 0 Å². The normalized spacial score (nSPS) is 10.9. The average Bonchev–Trinajstić information content (AvgIpc) is 2.46. The molecule has 0 heterocycles. The summed E-state index contributed by atoms with van der Waals surface area (Å²) in [7, 11) is 0. The second-order valence-corrected chi connectivity index (χ2v) is 4.62. The summed E-state index contributed by atoms with van der Waals surface area (Å²) in [5.74, 6) is 0.0124. The van der Waals surface area contributed by atoms with Crippen LogP contribution in [0.15, 0.2) is 0 Å². The van der Waals surface area contributed by atoms with Crippen LogP contribution in [0.5, 0.6) is 0 Å². The Morgan fingerprint density at radius 3 is 1.25 bits per heavy atom. The molecule has 0 aliphatic carbocycles. The Morgan fingerprint density at radius 1 is 0.700 bits per heavy atom. The summed E-state index contributed by atoms with van der Waals surface area (Å²) in [6.45, 7) is 13.4. The van der Waals surface area contributed by atoms with Crippen molar-refractivity contribution >= 4 is 11.8 Å². The monoisotopic (exact) mass is 286 g/mol. The zero-order valence-electron chi connectivity index (χ0n) is 13.4. The molecule has 0 aromatic rings. The van der Waals surface area contributed by atoms with Gasteiger partial charge < -0.3 is 10.6 Å². The highest BCUT2D eigenvalue weighted by molar-refractivity contribution is 5.79. The van der Waals surface area contributed by atoms with Gasteiger partial charge in [0.1, 0.15) is 0 Å². The van der Waals surface area contributed by atoms with E-state index in [1.54, 1.807) is 0 Å². The molecule has 0 fully saturated rings. The first-order valence-corrected chi connectivity index (χ1v) is 7.55. The van der Waals surface area contributed by atoms with Crippen molar-refractivity contribution in [3.63, 3.8) is 0 Å².